The minimum atomic E-state index is -0.183. The van der Waals surface area contributed by atoms with Gasteiger partial charge in [0.15, 0.2) is 0 Å². The van der Waals surface area contributed by atoms with Crippen LogP contribution in [-0.4, -0.2) is 29.8 Å². The molecule has 2 amide bonds. The van der Waals surface area contributed by atoms with E-state index in [2.05, 4.69) is 22.3 Å². The van der Waals surface area contributed by atoms with Crippen molar-refractivity contribution in [3.05, 3.63) is 35.4 Å². The summed E-state index contributed by atoms with van der Waals surface area (Å²) < 4.78 is 0. The first-order chi connectivity index (χ1) is 8.24. The Morgan fingerprint density at radius 3 is 2.88 bits per heavy atom. The summed E-state index contributed by atoms with van der Waals surface area (Å²) in [6, 6.07) is 8.25. The number of imide groups is 1. The van der Waals surface area contributed by atoms with Gasteiger partial charge in [-0.2, -0.15) is 0 Å². The highest BCUT2D eigenvalue weighted by atomic mass is 16.2. The predicted octanol–water partition coefficient (Wildman–Crippen LogP) is 0.632. The van der Waals surface area contributed by atoms with Crippen molar-refractivity contribution in [1.82, 2.24) is 10.2 Å². The van der Waals surface area contributed by atoms with Gasteiger partial charge in [-0.3, -0.25) is 19.8 Å². The van der Waals surface area contributed by atoms with Crippen LogP contribution in [0.4, 0.5) is 0 Å². The fourth-order valence-electron chi connectivity index (χ4n) is 2.74. The van der Waals surface area contributed by atoms with E-state index in [1.54, 1.807) is 0 Å². The highest BCUT2D eigenvalue weighted by molar-refractivity contribution is 5.97. The van der Waals surface area contributed by atoms with Crippen molar-refractivity contribution in [2.45, 2.75) is 18.9 Å². The Hall–Kier alpha value is -1.68. The maximum absolute atomic E-state index is 11.6. The number of rotatable bonds is 0. The van der Waals surface area contributed by atoms with Crippen LogP contribution in [0, 0.1) is 0 Å². The number of nitrogens with one attached hydrogen (secondary N) is 1. The first-order valence-corrected chi connectivity index (χ1v) is 5.88. The Morgan fingerprint density at radius 2 is 2.00 bits per heavy atom. The fraction of sp³-hybridized carbons (Fsp3) is 0.385. The van der Waals surface area contributed by atoms with Crippen LogP contribution in [-0.2, 0) is 16.0 Å². The lowest BCUT2D eigenvalue weighted by Gasteiger charge is -2.34. The number of hydrogen-bond acceptors (Lipinski definition) is 3. The molecule has 2 aliphatic rings. The third-order valence-electron chi connectivity index (χ3n) is 3.53. The number of hydrogen-bond donors (Lipinski definition) is 1. The van der Waals surface area contributed by atoms with E-state index in [1.165, 1.54) is 11.1 Å². The summed E-state index contributed by atoms with van der Waals surface area (Å²) >= 11 is 0. The number of carbonyl (C=O) groups excluding carboxylic acids is 2. The largest absolute Gasteiger partial charge is 0.295 e. The van der Waals surface area contributed by atoms with Crippen LogP contribution in [0.1, 0.15) is 23.6 Å². The molecule has 2 heterocycles. The van der Waals surface area contributed by atoms with Gasteiger partial charge in [0, 0.05) is 19.0 Å². The van der Waals surface area contributed by atoms with E-state index in [9.17, 15) is 9.59 Å². The Bertz CT molecular complexity index is 484. The van der Waals surface area contributed by atoms with Crippen LogP contribution in [0.25, 0.3) is 0 Å². The molecule has 1 N–H and O–H groups in total. The van der Waals surface area contributed by atoms with Crippen molar-refractivity contribution in [2.24, 2.45) is 0 Å². The quantitative estimate of drug-likeness (QED) is 0.665. The van der Waals surface area contributed by atoms with Gasteiger partial charge < -0.3 is 0 Å². The van der Waals surface area contributed by atoms with Crippen LogP contribution in [0.15, 0.2) is 24.3 Å². The molecule has 4 nitrogen and oxygen atoms in total. The monoisotopic (exact) mass is 230 g/mol. The number of fused-ring (bicyclic) bond motifs is 3. The molecule has 0 aromatic heterocycles. The lowest BCUT2D eigenvalue weighted by Crippen LogP contribution is -2.38. The zero-order valence-electron chi connectivity index (χ0n) is 9.48. The molecule has 2 aliphatic heterocycles. The molecule has 0 aliphatic carbocycles. The molecule has 0 radical (unpaired) electrons. The van der Waals surface area contributed by atoms with Gasteiger partial charge in [-0.05, 0) is 17.5 Å². The highest BCUT2D eigenvalue weighted by Crippen LogP contribution is 2.32. The predicted molar refractivity (Wildman–Crippen MR) is 62.2 cm³/mol. The Kier molecular flexibility index (Phi) is 2.44. The Balaban J connectivity index is 2.00. The van der Waals surface area contributed by atoms with E-state index < -0.39 is 0 Å². The number of nitrogens with zero attached hydrogens (tertiary/aromatic N) is 1. The molecule has 4 heteroatoms. The van der Waals surface area contributed by atoms with Crippen molar-refractivity contribution in [3.63, 3.8) is 0 Å². The molecule has 1 saturated heterocycles. The fourth-order valence-corrected chi connectivity index (χ4v) is 2.74. The van der Waals surface area contributed by atoms with E-state index in [0.717, 1.165) is 13.0 Å². The first kappa shape index (κ1) is 10.5. The summed E-state index contributed by atoms with van der Waals surface area (Å²) in [5.41, 5.74) is 2.50. The zero-order valence-corrected chi connectivity index (χ0v) is 9.48. The molecule has 88 valence electrons. The van der Waals surface area contributed by atoms with Crippen LogP contribution in [0.3, 0.4) is 0 Å². The van der Waals surface area contributed by atoms with Gasteiger partial charge in [0.05, 0.1) is 6.54 Å². The molecular weight excluding hydrogens is 216 g/mol. The highest BCUT2D eigenvalue weighted by Gasteiger charge is 2.33. The van der Waals surface area contributed by atoms with Crippen LogP contribution < -0.4 is 5.32 Å². The summed E-state index contributed by atoms with van der Waals surface area (Å²) in [4.78, 5) is 25.2. The van der Waals surface area contributed by atoms with Gasteiger partial charge in [-0.15, -0.1) is 0 Å². The molecule has 1 aromatic rings. The van der Waals surface area contributed by atoms with Gasteiger partial charge in [0.2, 0.25) is 11.8 Å². The molecule has 0 saturated carbocycles. The molecule has 0 spiro atoms. The molecule has 17 heavy (non-hydrogen) atoms. The van der Waals surface area contributed by atoms with Crippen molar-refractivity contribution < 1.29 is 9.59 Å². The smallest absolute Gasteiger partial charge is 0.240 e. The van der Waals surface area contributed by atoms with Crippen molar-refractivity contribution in [2.75, 3.05) is 13.1 Å². The summed E-state index contributed by atoms with van der Waals surface area (Å²) in [5, 5.41) is 2.41. The van der Waals surface area contributed by atoms with E-state index in [-0.39, 0.29) is 17.9 Å². The lowest BCUT2D eigenvalue weighted by molar-refractivity contribution is -0.129. The minimum Gasteiger partial charge on any atom is -0.295 e. The second-order valence-electron chi connectivity index (χ2n) is 4.61. The molecule has 1 unspecified atom stereocenters. The molecule has 1 fully saturated rings. The molecular formula is C13H14N2O2. The summed E-state index contributed by atoms with van der Waals surface area (Å²) in [6.07, 6.45) is 1.33. The van der Waals surface area contributed by atoms with E-state index in [0.29, 0.717) is 13.0 Å². The van der Waals surface area contributed by atoms with Crippen molar-refractivity contribution in [3.8, 4) is 0 Å². The van der Waals surface area contributed by atoms with Gasteiger partial charge in [0.25, 0.3) is 0 Å². The van der Waals surface area contributed by atoms with E-state index >= 15 is 0 Å². The van der Waals surface area contributed by atoms with E-state index in [4.69, 9.17) is 0 Å². The van der Waals surface area contributed by atoms with Crippen molar-refractivity contribution >= 4 is 11.8 Å². The van der Waals surface area contributed by atoms with Gasteiger partial charge in [-0.1, -0.05) is 24.3 Å². The first-order valence-electron chi connectivity index (χ1n) is 5.88. The van der Waals surface area contributed by atoms with Gasteiger partial charge in [-0.25, -0.2) is 0 Å². The number of benzene rings is 1. The molecule has 1 atom stereocenters. The lowest BCUT2D eigenvalue weighted by atomic mass is 9.91. The summed E-state index contributed by atoms with van der Waals surface area (Å²) in [5.74, 6) is -0.351. The van der Waals surface area contributed by atoms with Gasteiger partial charge >= 0.3 is 0 Å². The van der Waals surface area contributed by atoms with Crippen LogP contribution in [0.5, 0.6) is 0 Å². The third-order valence-corrected chi connectivity index (χ3v) is 3.53. The molecule has 3 rings (SSSR count). The third kappa shape index (κ3) is 1.85. The second kappa shape index (κ2) is 3.96. The maximum Gasteiger partial charge on any atom is 0.240 e. The molecule has 1 aromatic carbocycles. The van der Waals surface area contributed by atoms with E-state index in [1.807, 2.05) is 12.1 Å². The zero-order chi connectivity index (χ0) is 11.8. The number of carbonyl (C=O) groups is 2. The van der Waals surface area contributed by atoms with Crippen molar-refractivity contribution in [1.29, 1.82) is 0 Å². The number of amides is 2. The average Bonchev–Trinajstić information content (AvgIpc) is 2.46. The summed E-state index contributed by atoms with van der Waals surface area (Å²) in [6.45, 7) is 1.17. The minimum absolute atomic E-state index is 0.0615. The normalized spacial score (nSPS) is 24.6. The Morgan fingerprint density at radius 1 is 1.18 bits per heavy atom. The topological polar surface area (TPSA) is 49.4 Å². The SMILES string of the molecule is O=C1CC2c3ccccc3CCN2CC(=O)N1. The Labute approximate surface area is 99.6 Å². The maximum atomic E-state index is 11.6. The van der Waals surface area contributed by atoms with Crippen LogP contribution >= 0.6 is 0 Å². The molecule has 0 bridgehead atoms. The standard InChI is InChI=1S/C13H14N2O2/c16-12-7-11-10-4-2-1-3-9(10)5-6-15(11)8-13(17)14-12/h1-4,11H,5-8H2,(H,14,16,17). The average molecular weight is 230 g/mol. The van der Waals surface area contributed by atoms with Gasteiger partial charge in [0.1, 0.15) is 0 Å². The second-order valence-corrected chi connectivity index (χ2v) is 4.61. The summed E-state index contributed by atoms with van der Waals surface area (Å²) in [7, 11) is 0. The van der Waals surface area contributed by atoms with Crippen LogP contribution in [0.2, 0.25) is 0 Å².